The summed E-state index contributed by atoms with van der Waals surface area (Å²) >= 11 is 0. The highest BCUT2D eigenvalue weighted by atomic mass is 16.5. The molecule has 0 spiro atoms. The van der Waals surface area contributed by atoms with Crippen LogP contribution in [0.1, 0.15) is 31.9 Å². The molecule has 0 unspecified atom stereocenters. The smallest absolute Gasteiger partial charge is 0.203 e. The van der Waals surface area contributed by atoms with E-state index in [1.807, 2.05) is 6.92 Å². The normalized spacial score (nSPS) is 10.7. The molecule has 1 aromatic heterocycles. The highest BCUT2D eigenvalue weighted by Crippen LogP contribution is 2.08. The Morgan fingerprint density at radius 3 is 2.94 bits per heavy atom. The second-order valence-corrected chi connectivity index (χ2v) is 4.03. The summed E-state index contributed by atoms with van der Waals surface area (Å²) in [6.07, 6.45) is 5.78. The van der Waals surface area contributed by atoms with Crippen molar-refractivity contribution in [2.45, 2.75) is 39.7 Å². The third kappa shape index (κ3) is 4.23. The van der Waals surface area contributed by atoms with Gasteiger partial charge in [-0.2, -0.15) is 0 Å². The average Bonchev–Trinajstić information content (AvgIpc) is 2.62. The average molecular weight is 225 g/mol. The van der Waals surface area contributed by atoms with Gasteiger partial charge in [-0.1, -0.05) is 19.8 Å². The predicted octanol–water partition coefficient (Wildman–Crippen LogP) is 2.44. The topological polar surface area (TPSA) is 39.1 Å². The molecular formula is C12H23N3O. The van der Waals surface area contributed by atoms with Crippen LogP contribution in [0.2, 0.25) is 0 Å². The van der Waals surface area contributed by atoms with Gasteiger partial charge in [-0.05, 0) is 13.3 Å². The third-order valence-corrected chi connectivity index (χ3v) is 2.50. The van der Waals surface area contributed by atoms with Crippen molar-refractivity contribution in [2.24, 2.45) is 0 Å². The molecule has 0 aliphatic carbocycles. The van der Waals surface area contributed by atoms with Gasteiger partial charge in [-0.25, -0.2) is 4.98 Å². The Kier molecular flexibility index (Phi) is 5.93. The molecular weight excluding hydrogens is 202 g/mol. The minimum Gasteiger partial charge on any atom is -0.383 e. The van der Waals surface area contributed by atoms with E-state index in [0.29, 0.717) is 0 Å². The molecule has 0 aliphatic rings. The molecule has 0 bridgehead atoms. The predicted molar refractivity (Wildman–Crippen MR) is 66.9 cm³/mol. The largest absolute Gasteiger partial charge is 0.383 e. The van der Waals surface area contributed by atoms with E-state index in [-0.39, 0.29) is 0 Å². The molecule has 1 rings (SSSR count). The SMILES string of the molecule is CCCCCNc1nc(C)cn1CCOC. The summed E-state index contributed by atoms with van der Waals surface area (Å²) in [5, 5.41) is 3.37. The standard InChI is InChI=1S/C12H23N3O/c1-4-5-6-7-13-12-14-11(2)10-15(12)8-9-16-3/h10H,4-9H2,1-3H3,(H,13,14). The molecule has 0 saturated carbocycles. The van der Waals surface area contributed by atoms with Gasteiger partial charge in [0.25, 0.3) is 0 Å². The molecule has 16 heavy (non-hydrogen) atoms. The van der Waals surface area contributed by atoms with Crippen LogP contribution in [0, 0.1) is 6.92 Å². The molecule has 4 nitrogen and oxygen atoms in total. The van der Waals surface area contributed by atoms with E-state index in [4.69, 9.17) is 4.74 Å². The zero-order valence-electron chi connectivity index (χ0n) is 10.6. The van der Waals surface area contributed by atoms with Crippen molar-refractivity contribution >= 4 is 5.95 Å². The monoisotopic (exact) mass is 225 g/mol. The van der Waals surface area contributed by atoms with Gasteiger partial charge < -0.3 is 14.6 Å². The first-order valence-electron chi connectivity index (χ1n) is 6.04. The van der Waals surface area contributed by atoms with E-state index < -0.39 is 0 Å². The van der Waals surface area contributed by atoms with Crippen LogP contribution in [0.4, 0.5) is 5.95 Å². The third-order valence-electron chi connectivity index (χ3n) is 2.50. The summed E-state index contributed by atoms with van der Waals surface area (Å²) < 4.78 is 7.19. The van der Waals surface area contributed by atoms with Crippen LogP contribution in [0.3, 0.4) is 0 Å². The van der Waals surface area contributed by atoms with Crippen LogP contribution in [-0.2, 0) is 11.3 Å². The van der Waals surface area contributed by atoms with E-state index in [1.165, 1.54) is 19.3 Å². The van der Waals surface area contributed by atoms with Gasteiger partial charge in [0.2, 0.25) is 5.95 Å². The second kappa shape index (κ2) is 7.28. The van der Waals surface area contributed by atoms with Crippen molar-refractivity contribution in [2.75, 3.05) is 25.6 Å². The molecule has 0 atom stereocenters. The van der Waals surface area contributed by atoms with Crippen LogP contribution in [0.5, 0.6) is 0 Å². The first-order valence-corrected chi connectivity index (χ1v) is 6.04. The van der Waals surface area contributed by atoms with Crippen LogP contribution >= 0.6 is 0 Å². The fourth-order valence-electron chi connectivity index (χ4n) is 1.62. The second-order valence-electron chi connectivity index (χ2n) is 4.03. The molecule has 0 saturated heterocycles. The number of nitrogens with zero attached hydrogens (tertiary/aromatic N) is 2. The molecule has 1 N–H and O–H groups in total. The molecule has 0 aromatic carbocycles. The van der Waals surface area contributed by atoms with Crippen LogP contribution < -0.4 is 5.32 Å². The fraction of sp³-hybridized carbons (Fsp3) is 0.750. The van der Waals surface area contributed by atoms with Crippen molar-refractivity contribution in [3.05, 3.63) is 11.9 Å². The van der Waals surface area contributed by atoms with Crippen molar-refractivity contribution in [3.8, 4) is 0 Å². The van der Waals surface area contributed by atoms with Crippen molar-refractivity contribution in [3.63, 3.8) is 0 Å². The highest BCUT2D eigenvalue weighted by Gasteiger charge is 2.03. The Morgan fingerprint density at radius 1 is 1.44 bits per heavy atom. The quantitative estimate of drug-likeness (QED) is 0.691. The zero-order chi connectivity index (χ0) is 11.8. The minimum absolute atomic E-state index is 0.722. The molecule has 1 heterocycles. The number of hydrogen-bond donors (Lipinski definition) is 1. The lowest BCUT2D eigenvalue weighted by atomic mass is 10.2. The van der Waals surface area contributed by atoms with Gasteiger partial charge in [0.05, 0.1) is 12.3 Å². The van der Waals surface area contributed by atoms with E-state index >= 15 is 0 Å². The summed E-state index contributed by atoms with van der Waals surface area (Å²) in [7, 11) is 1.72. The van der Waals surface area contributed by atoms with Crippen molar-refractivity contribution in [1.29, 1.82) is 0 Å². The van der Waals surface area contributed by atoms with Gasteiger partial charge >= 0.3 is 0 Å². The molecule has 1 aromatic rings. The molecule has 4 heteroatoms. The lowest BCUT2D eigenvalue weighted by molar-refractivity contribution is 0.187. The van der Waals surface area contributed by atoms with E-state index in [9.17, 15) is 0 Å². The molecule has 0 amide bonds. The lowest BCUT2D eigenvalue weighted by Crippen LogP contribution is -2.10. The van der Waals surface area contributed by atoms with Crippen LogP contribution in [0.15, 0.2) is 6.20 Å². The number of ether oxygens (including phenoxy) is 1. The zero-order valence-corrected chi connectivity index (χ0v) is 10.6. The van der Waals surface area contributed by atoms with E-state index in [2.05, 4.69) is 28.0 Å². The number of imidazole rings is 1. The number of anilines is 1. The Bertz CT molecular complexity index is 296. The van der Waals surface area contributed by atoms with Gasteiger partial charge in [-0.15, -0.1) is 0 Å². The molecule has 0 radical (unpaired) electrons. The summed E-state index contributed by atoms with van der Waals surface area (Å²) in [4.78, 5) is 4.46. The lowest BCUT2D eigenvalue weighted by Gasteiger charge is -2.08. The number of unbranched alkanes of at least 4 members (excludes halogenated alkanes) is 2. The maximum Gasteiger partial charge on any atom is 0.203 e. The molecule has 0 aliphatic heterocycles. The number of aryl methyl sites for hydroxylation is 1. The van der Waals surface area contributed by atoms with Crippen LogP contribution in [0.25, 0.3) is 0 Å². The number of nitrogens with one attached hydrogen (secondary N) is 1. The Hall–Kier alpha value is -1.03. The van der Waals surface area contributed by atoms with Crippen LogP contribution in [-0.4, -0.2) is 29.8 Å². The summed E-state index contributed by atoms with van der Waals surface area (Å²) in [5.74, 6) is 0.964. The first kappa shape index (κ1) is 13.0. The van der Waals surface area contributed by atoms with E-state index in [1.54, 1.807) is 7.11 Å². The Labute approximate surface area is 98.0 Å². The summed E-state index contributed by atoms with van der Waals surface area (Å²) in [6.45, 7) is 6.80. The Morgan fingerprint density at radius 2 is 2.25 bits per heavy atom. The number of methoxy groups -OCH3 is 1. The maximum atomic E-state index is 5.08. The molecule has 0 fully saturated rings. The summed E-state index contributed by atoms with van der Waals surface area (Å²) in [6, 6.07) is 0. The Balaban J connectivity index is 2.43. The van der Waals surface area contributed by atoms with Crippen molar-refractivity contribution in [1.82, 2.24) is 9.55 Å². The van der Waals surface area contributed by atoms with E-state index in [0.717, 1.165) is 31.3 Å². The van der Waals surface area contributed by atoms with Crippen molar-refractivity contribution < 1.29 is 4.74 Å². The number of rotatable bonds is 8. The number of aromatic nitrogens is 2. The molecule has 92 valence electrons. The highest BCUT2D eigenvalue weighted by molar-refractivity contribution is 5.28. The van der Waals surface area contributed by atoms with Gasteiger partial charge in [0, 0.05) is 26.4 Å². The fourth-order valence-corrected chi connectivity index (χ4v) is 1.62. The van der Waals surface area contributed by atoms with Gasteiger partial charge in [-0.3, -0.25) is 0 Å². The maximum absolute atomic E-state index is 5.08. The van der Waals surface area contributed by atoms with Gasteiger partial charge in [0.1, 0.15) is 0 Å². The minimum atomic E-state index is 0.722. The number of hydrogen-bond acceptors (Lipinski definition) is 3. The first-order chi connectivity index (χ1) is 7.77. The summed E-state index contributed by atoms with van der Waals surface area (Å²) in [5.41, 5.74) is 1.05. The van der Waals surface area contributed by atoms with Gasteiger partial charge in [0.15, 0.2) is 0 Å².